The summed E-state index contributed by atoms with van der Waals surface area (Å²) in [7, 11) is 0. The van der Waals surface area contributed by atoms with Crippen LogP contribution in [0.25, 0.3) is 11.1 Å². The summed E-state index contributed by atoms with van der Waals surface area (Å²) in [6.45, 7) is 0. The molecule has 5 heteroatoms. The van der Waals surface area contributed by atoms with E-state index >= 15 is 0 Å². The molecular weight excluding hydrogens is 317 g/mol. The Kier molecular flexibility index (Phi) is 3.26. The molecular formula is C10H6BrCl2NS. The van der Waals surface area contributed by atoms with Crippen molar-refractivity contribution in [1.82, 2.24) is 0 Å². The summed E-state index contributed by atoms with van der Waals surface area (Å²) in [5.41, 5.74) is 8.38. The number of nitrogens with two attached hydrogens (primary N) is 1. The average molecular weight is 323 g/mol. The topological polar surface area (TPSA) is 26.0 Å². The Bertz CT molecular complexity index is 510. The van der Waals surface area contributed by atoms with E-state index in [-0.39, 0.29) is 0 Å². The van der Waals surface area contributed by atoms with Crippen LogP contribution in [0.15, 0.2) is 28.7 Å². The van der Waals surface area contributed by atoms with Gasteiger partial charge in [-0.2, -0.15) is 0 Å². The molecule has 0 fully saturated rings. The van der Waals surface area contributed by atoms with Crippen LogP contribution in [-0.4, -0.2) is 0 Å². The Balaban J connectivity index is 2.59. The molecule has 0 radical (unpaired) electrons. The summed E-state index contributed by atoms with van der Waals surface area (Å²) >= 11 is 16.6. The molecule has 1 heterocycles. The molecule has 78 valence electrons. The second kappa shape index (κ2) is 4.34. The SMILES string of the molecule is Nc1cc(Br)ccc1-c1cc(Cl)sc1Cl. The van der Waals surface area contributed by atoms with Crippen LogP contribution in [-0.2, 0) is 0 Å². The normalized spacial score (nSPS) is 10.6. The fourth-order valence-corrected chi connectivity index (χ4v) is 3.17. The molecule has 1 nitrogen and oxygen atoms in total. The zero-order valence-electron chi connectivity index (χ0n) is 7.43. The van der Waals surface area contributed by atoms with E-state index in [1.165, 1.54) is 11.3 Å². The van der Waals surface area contributed by atoms with Gasteiger partial charge in [0.2, 0.25) is 0 Å². The van der Waals surface area contributed by atoms with E-state index in [1.54, 1.807) is 0 Å². The lowest BCUT2D eigenvalue weighted by molar-refractivity contribution is 1.62. The lowest BCUT2D eigenvalue weighted by Gasteiger charge is -2.04. The molecule has 0 spiro atoms. The van der Waals surface area contributed by atoms with Crippen molar-refractivity contribution >= 4 is 56.2 Å². The van der Waals surface area contributed by atoms with Crippen LogP contribution in [0.3, 0.4) is 0 Å². The maximum atomic E-state index is 6.06. The van der Waals surface area contributed by atoms with E-state index in [1.807, 2.05) is 24.3 Å². The third-order valence-electron chi connectivity index (χ3n) is 1.96. The Labute approximate surface area is 110 Å². The van der Waals surface area contributed by atoms with Gasteiger partial charge >= 0.3 is 0 Å². The first kappa shape index (κ1) is 11.3. The number of anilines is 1. The standard InChI is InChI=1S/C10H6BrCl2NS/c11-5-1-2-6(8(14)3-5)7-4-9(12)15-10(7)13/h1-4H,14H2. The smallest absolute Gasteiger partial charge is 0.102 e. The second-order valence-corrected chi connectivity index (χ2v) is 6.17. The quantitative estimate of drug-likeness (QED) is 0.729. The maximum Gasteiger partial charge on any atom is 0.102 e. The van der Waals surface area contributed by atoms with Crippen molar-refractivity contribution in [1.29, 1.82) is 0 Å². The number of rotatable bonds is 1. The van der Waals surface area contributed by atoms with Crippen molar-refractivity contribution in [3.8, 4) is 11.1 Å². The number of halogens is 3. The van der Waals surface area contributed by atoms with Crippen molar-refractivity contribution in [3.05, 3.63) is 37.4 Å². The predicted molar refractivity (Wildman–Crippen MR) is 71.9 cm³/mol. The van der Waals surface area contributed by atoms with Gasteiger partial charge in [-0.3, -0.25) is 0 Å². The highest BCUT2D eigenvalue weighted by molar-refractivity contribution is 9.10. The van der Waals surface area contributed by atoms with Gasteiger partial charge in [0.05, 0.1) is 4.34 Å². The van der Waals surface area contributed by atoms with Gasteiger partial charge in [-0.05, 0) is 18.2 Å². The lowest BCUT2D eigenvalue weighted by atomic mass is 10.1. The third kappa shape index (κ3) is 2.31. The van der Waals surface area contributed by atoms with E-state index in [2.05, 4.69) is 15.9 Å². The minimum atomic E-state index is 0.661. The van der Waals surface area contributed by atoms with Crippen LogP contribution in [0.1, 0.15) is 0 Å². The molecule has 15 heavy (non-hydrogen) atoms. The molecule has 0 atom stereocenters. The number of thiophene rings is 1. The van der Waals surface area contributed by atoms with E-state index in [0.717, 1.165) is 15.6 Å². The number of nitrogen functional groups attached to an aromatic ring is 1. The number of hydrogen-bond acceptors (Lipinski definition) is 2. The molecule has 0 aliphatic rings. The van der Waals surface area contributed by atoms with Crippen LogP contribution in [0.5, 0.6) is 0 Å². The Hall–Kier alpha value is -0.220. The highest BCUT2D eigenvalue weighted by Gasteiger charge is 2.10. The first-order valence-corrected chi connectivity index (χ1v) is 6.44. The van der Waals surface area contributed by atoms with Crippen molar-refractivity contribution in [2.45, 2.75) is 0 Å². The first-order chi connectivity index (χ1) is 7.08. The number of benzene rings is 1. The monoisotopic (exact) mass is 321 g/mol. The summed E-state index contributed by atoms with van der Waals surface area (Å²) < 4.78 is 2.27. The van der Waals surface area contributed by atoms with Crippen molar-refractivity contribution in [2.24, 2.45) is 0 Å². The molecule has 2 N–H and O–H groups in total. The minimum absolute atomic E-state index is 0.661. The summed E-state index contributed by atoms with van der Waals surface area (Å²) in [4.78, 5) is 0. The van der Waals surface area contributed by atoms with Gasteiger partial charge in [-0.1, -0.05) is 45.2 Å². The zero-order valence-corrected chi connectivity index (χ0v) is 11.3. The summed E-state index contributed by atoms with van der Waals surface area (Å²) in [6, 6.07) is 7.52. The van der Waals surface area contributed by atoms with E-state index < -0.39 is 0 Å². The highest BCUT2D eigenvalue weighted by Crippen LogP contribution is 2.40. The highest BCUT2D eigenvalue weighted by atomic mass is 79.9. The Morgan fingerprint density at radius 3 is 2.40 bits per heavy atom. The van der Waals surface area contributed by atoms with Gasteiger partial charge in [0.1, 0.15) is 4.34 Å². The first-order valence-electron chi connectivity index (χ1n) is 4.08. The molecule has 2 aromatic rings. The van der Waals surface area contributed by atoms with Crippen molar-refractivity contribution in [3.63, 3.8) is 0 Å². The van der Waals surface area contributed by atoms with Crippen LogP contribution < -0.4 is 5.73 Å². The third-order valence-corrected chi connectivity index (χ3v) is 3.94. The molecule has 0 saturated heterocycles. The summed E-state index contributed by atoms with van der Waals surface area (Å²) in [5, 5.41) is 0. The summed E-state index contributed by atoms with van der Waals surface area (Å²) in [6.07, 6.45) is 0. The number of hydrogen-bond donors (Lipinski definition) is 1. The molecule has 2 rings (SSSR count). The minimum Gasteiger partial charge on any atom is -0.398 e. The Morgan fingerprint density at radius 2 is 1.87 bits per heavy atom. The van der Waals surface area contributed by atoms with Gasteiger partial charge in [-0.25, -0.2) is 0 Å². The average Bonchev–Trinajstić information content (AvgIpc) is 2.45. The molecule has 0 bridgehead atoms. The van der Waals surface area contributed by atoms with Crippen molar-refractivity contribution in [2.75, 3.05) is 5.73 Å². The molecule has 0 amide bonds. The van der Waals surface area contributed by atoms with Crippen LogP contribution in [0, 0.1) is 0 Å². The molecule has 0 unspecified atom stereocenters. The zero-order chi connectivity index (χ0) is 11.0. The molecule has 0 aliphatic carbocycles. The van der Waals surface area contributed by atoms with Crippen LogP contribution >= 0.6 is 50.5 Å². The lowest BCUT2D eigenvalue weighted by Crippen LogP contribution is -1.88. The molecule has 0 saturated carbocycles. The van der Waals surface area contributed by atoms with E-state index in [0.29, 0.717) is 14.4 Å². The Morgan fingerprint density at radius 1 is 1.13 bits per heavy atom. The fourth-order valence-electron chi connectivity index (χ4n) is 1.30. The summed E-state index contributed by atoms with van der Waals surface area (Å²) in [5.74, 6) is 0. The van der Waals surface area contributed by atoms with Gasteiger partial charge in [-0.15, -0.1) is 11.3 Å². The molecule has 1 aromatic carbocycles. The van der Waals surface area contributed by atoms with Crippen LogP contribution in [0.4, 0.5) is 5.69 Å². The van der Waals surface area contributed by atoms with Gasteiger partial charge < -0.3 is 5.73 Å². The van der Waals surface area contributed by atoms with Gasteiger partial charge in [0.15, 0.2) is 0 Å². The fraction of sp³-hybridized carbons (Fsp3) is 0. The maximum absolute atomic E-state index is 6.06. The van der Waals surface area contributed by atoms with Gasteiger partial charge in [0, 0.05) is 21.3 Å². The van der Waals surface area contributed by atoms with E-state index in [4.69, 9.17) is 28.9 Å². The van der Waals surface area contributed by atoms with E-state index in [9.17, 15) is 0 Å². The predicted octanol–water partition coefficient (Wildman–Crippen LogP) is 5.07. The van der Waals surface area contributed by atoms with Gasteiger partial charge in [0.25, 0.3) is 0 Å². The second-order valence-electron chi connectivity index (χ2n) is 2.97. The largest absolute Gasteiger partial charge is 0.398 e. The van der Waals surface area contributed by atoms with Crippen LogP contribution in [0.2, 0.25) is 8.67 Å². The molecule has 1 aromatic heterocycles. The van der Waals surface area contributed by atoms with Crippen molar-refractivity contribution < 1.29 is 0 Å². The molecule has 0 aliphatic heterocycles.